The zero-order chi connectivity index (χ0) is 20.2. The number of hydrogen-bond donors (Lipinski definition) is 0. The molecule has 0 aliphatic rings. The second-order valence-electron chi connectivity index (χ2n) is 5.63. The van der Waals surface area contributed by atoms with Gasteiger partial charge >= 0.3 is 6.18 Å². The average molecular weight is 421 g/mol. The maximum absolute atomic E-state index is 12.9. The summed E-state index contributed by atoms with van der Waals surface area (Å²) in [4.78, 5) is 23.4. The number of rotatable bonds is 6. The summed E-state index contributed by atoms with van der Waals surface area (Å²) in [6.45, 7) is -2.13. The molecule has 0 aliphatic heterocycles. The Balaban J connectivity index is 2.32. The Morgan fingerprint density at radius 2 is 1.67 bits per heavy atom. The number of para-hydroxylation sites is 1. The highest BCUT2D eigenvalue weighted by Gasteiger charge is 2.34. The molecule has 0 aromatic heterocycles. The van der Waals surface area contributed by atoms with Crippen LogP contribution in [0.3, 0.4) is 0 Å². The number of nitrogens with zero attached hydrogens (tertiary/aromatic N) is 2. The molecule has 0 bridgehead atoms. The summed E-state index contributed by atoms with van der Waals surface area (Å²) in [5.74, 6) is -0.902. The minimum absolute atomic E-state index is 0.00893. The van der Waals surface area contributed by atoms with E-state index >= 15 is 0 Å². The molecule has 0 unspecified atom stereocenters. The third-order valence-electron chi connectivity index (χ3n) is 3.66. The van der Waals surface area contributed by atoms with E-state index in [0.717, 1.165) is 6.07 Å². The predicted molar refractivity (Wildman–Crippen MR) is 94.7 cm³/mol. The molecule has 0 spiro atoms. The first-order valence-corrected chi connectivity index (χ1v) is 8.34. The van der Waals surface area contributed by atoms with Gasteiger partial charge in [0.1, 0.15) is 6.54 Å². The molecule has 0 fully saturated rings. The third kappa shape index (κ3) is 5.83. The maximum atomic E-state index is 12.9. The molecule has 2 rings (SSSR count). The number of benzene rings is 2. The Bertz CT molecular complexity index is 839. The van der Waals surface area contributed by atoms with Crippen molar-refractivity contribution in [1.29, 1.82) is 0 Å². The van der Waals surface area contributed by atoms with Crippen LogP contribution in [0.5, 0.6) is 0 Å². The second-order valence-corrected chi connectivity index (χ2v) is 6.44. The molecule has 0 atom stereocenters. The van der Waals surface area contributed by atoms with Crippen LogP contribution >= 0.6 is 23.2 Å². The summed E-state index contributed by atoms with van der Waals surface area (Å²) in [6, 6.07) is 9.77. The molecule has 5 nitrogen and oxygen atoms in total. The Kier molecular flexibility index (Phi) is 6.67. The van der Waals surface area contributed by atoms with Crippen molar-refractivity contribution in [3.05, 3.63) is 73.8 Å². The smallest absolute Gasteiger partial charge is 0.329 e. The normalized spacial score (nSPS) is 11.3. The summed E-state index contributed by atoms with van der Waals surface area (Å²) >= 11 is 11.9. The molecule has 2 aromatic rings. The molecule has 10 heteroatoms. The Morgan fingerprint density at radius 1 is 1.07 bits per heavy atom. The van der Waals surface area contributed by atoms with Crippen LogP contribution < -0.4 is 0 Å². The van der Waals surface area contributed by atoms with Gasteiger partial charge in [-0.1, -0.05) is 47.5 Å². The first kappa shape index (κ1) is 21.0. The van der Waals surface area contributed by atoms with Crippen molar-refractivity contribution < 1.29 is 22.9 Å². The first-order valence-electron chi connectivity index (χ1n) is 7.58. The molecule has 27 heavy (non-hydrogen) atoms. The van der Waals surface area contributed by atoms with Crippen LogP contribution in [0.25, 0.3) is 0 Å². The van der Waals surface area contributed by atoms with Crippen LogP contribution in [0, 0.1) is 10.1 Å². The van der Waals surface area contributed by atoms with E-state index in [-0.39, 0.29) is 26.9 Å². The lowest BCUT2D eigenvalue weighted by atomic mass is 10.1. The quantitative estimate of drug-likeness (QED) is 0.485. The molecule has 0 N–H and O–H groups in total. The van der Waals surface area contributed by atoms with Crippen molar-refractivity contribution in [2.24, 2.45) is 0 Å². The van der Waals surface area contributed by atoms with Gasteiger partial charge in [-0.2, -0.15) is 13.2 Å². The summed E-state index contributed by atoms with van der Waals surface area (Å²) in [7, 11) is 0. The number of carbonyl (C=O) groups is 1. The number of nitro groups is 1. The topological polar surface area (TPSA) is 63.5 Å². The van der Waals surface area contributed by atoms with E-state index in [1.165, 1.54) is 30.3 Å². The fourth-order valence-corrected chi connectivity index (χ4v) is 2.97. The maximum Gasteiger partial charge on any atom is 0.406 e. The van der Waals surface area contributed by atoms with Crippen molar-refractivity contribution in [2.45, 2.75) is 19.1 Å². The van der Waals surface area contributed by atoms with Crippen LogP contribution in [-0.2, 0) is 17.8 Å². The predicted octanol–water partition coefficient (Wildman–Crippen LogP) is 5.04. The van der Waals surface area contributed by atoms with Crippen LogP contribution in [0.1, 0.15) is 11.1 Å². The number of amides is 1. The van der Waals surface area contributed by atoms with E-state index < -0.39 is 36.5 Å². The third-order valence-corrected chi connectivity index (χ3v) is 4.37. The highest BCUT2D eigenvalue weighted by atomic mass is 35.5. The van der Waals surface area contributed by atoms with E-state index in [1.54, 1.807) is 6.07 Å². The van der Waals surface area contributed by atoms with E-state index in [0.29, 0.717) is 4.90 Å². The molecule has 144 valence electrons. The highest BCUT2D eigenvalue weighted by Crippen LogP contribution is 2.27. The lowest BCUT2D eigenvalue weighted by molar-refractivity contribution is -0.385. The molecular formula is C17H13Cl2F3N2O3. The van der Waals surface area contributed by atoms with E-state index in [9.17, 15) is 28.1 Å². The van der Waals surface area contributed by atoms with Gasteiger partial charge in [0, 0.05) is 21.7 Å². The minimum Gasteiger partial charge on any atom is -0.329 e. The van der Waals surface area contributed by atoms with Gasteiger partial charge in [-0.3, -0.25) is 14.9 Å². The standard InChI is InChI=1S/C17H13Cl2F3N2O3/c18-13-5-3-6-14(19)12(13)8-16(25)23(10-17(20,21)22)9-11-4-1-2-7-15(11)24(26)27/h1-7H,8-10H2. The number of nitro benzene ring substituents is 1. The van der Waals surface area contributed by atoms with Gasteiger partial charge < -0.3 is 4.90 Å². The molecule has 0 heterocycles. The lowest BCUT2D eigenvalue weighted by Gasteiger charge is -2.24. The van der Waals surface area contributed by atoms with Crippen molar-refractivity contribution in [2.75, 3.05) is 6.54 Å². The van der Waals surface area contributed by atoms with Gasteiger partial charge in [0.2, 0.25) is 5.91 Å². The molecule has 0 saturated carbocycles. The van der Waals surface area contributed by atoms with Crippen LogP contribution in [0.2, 0.25) is 10.0 Å². The molecule has 0 aliphatic carbocycles. The summed E-state index contributed by atoms with van der Waals surface area (Å²) in [6.07, 6.45) is -5.14. The number of halogens is 5. The van der Waals surface area contributed by atoms with Gasteiger partial charge in [-0.15, -0.1) is 0 Å². The highest BCUT2D eigenvalue weighted by molar-refractivity contribution is 6.36. The van der Waals surface area contributed by atoms with Crippen molar-refractivity contribution in [3.8, 4) is 0 Å². The minimum atomic E-state index is -4.68. The monoisotopic (exact) mass is 420 g/mol. The molecule has 0 radical (unpaired) electrons. The van der Waals surface area contributed by atoms with Crippen LogP contribution in [0.15, 0.2) is 42.5 Å². The van der Waals surface area contributed by atoms with Crippen molar-refractivity contribution >= 4 is 34.8 Å². The Morgan fingerprint density at radius 3 is 2.22 bits per heavy atom. The number of alkyl halides is 3. The van der Waals surface area contributed by atoms with Crippen LogP contribution in [0.4, 0.5) is 18.9 Å². The summed E-state index contributed by atoms with van der Waals surface area (Å²) in [5.41, 5.74) is -0.181. The van der Waals surface area contributed by atoms with Gasteiger partial charge in [-0.25, -0.2) is 0 Å². The average Bonchev–Trinajstić information content (AvgIpc) is 2.56. The Labute approximate surface area is 162 Å². The fourth-order valence-electron chi connectivity index (χ4n) is 2.44. The molecule has 2 aromatic carbocycles. The van der Waals surface area contributed by atoms with Gasteiger partial charge in [0.05, 0.1) is 17.9 Å². The number of hydrogen-bond acceptors (Lipinski definition) is 3. The van der Waals surface area contributed by atoms with Crippen LogP contribution in [-0.4, -0.2) is 28.5 Å². The summed E-state index contributed by atoms with van der Waals surface area (Å²) in [5, 5.41) is 11.4. The van der Waals surface area contributed by atoms with Gasteiger partial charge in [0.15, 0.2) is 0 Å². The van der Waals surface area contributed by atoms with Gasteiger partial charge in [0.25, 0.3) is 5.69 Å². The summed E-state index contributed by atoms with van der Waals surface area (Å²) < 4.78 is 38.8. The zero-order valence-corrected chi connectivity index (χ0v) is 15.2. The molecule has 0 saturated heterocycles. The molecule has 1 amide bonds. The number of carbonyl (C=O) groups excluding carboxylic acids is 1. The lowest BCUT2D eigenvalue weighted by Crippen LogP contribution is -2.39. The van der Waals surface area contributed by atoms with E-state index in [1.807, 2.05) is 0 Å². The zero-order valence-electron chi connectivity index (χ0n) is 13.7. The fraction of sp³-hybridized carbons (Fsp3) is 0.235. The SMILES string of the molecule is O=C(Cc1c(Cl)cccc1Cl)N(Cc1ccccc1[N+](=O)[O-])CC(F)(F)F. The molecular weight excluding hydrogens is 408 g/mol. The van der Waals surface area contributed by atoms with E-state index in [4.69, 9.17) is 23.2 Å². The van der Waals surface area contributed by atoms with E-state index in [2.05, 4.69) is 0 Å². The Hall–Kier alpha value is -2.32. The second kappa shape index (κ2) is 8.58. The van der Waals surface area contributed by atoms with Gasteiger partial charge in [-0.05, 0) is 17.7 Å². The van der Waals surface area contributed by atoms with Crippen molar-refractivity contribution in [1.82, 2.24) is 4.90 Å². The van der Waals surface area contributed by atoms with Crippen molar-refractivity contribution in [3.63, 3.8) is 0 Å². The largest absolute Gasteiger partial charge is 0.406 e. The first-order chi connectivity index (χ1) is 12.6.